The first-order valence-corrected chi connectivity index (χ1v) is 8.83. The molecular formula is C18H23N5O2. The normalized spacial score (nSPS) is 22.0. The molecule has 0 aliphatic carbocycles. The van der Waals surface area contributed by atoms with Gasteiger partial charge in [-0.25, -0.2) is 4.98 Å². The molecule has 0 N–H and O–H groups in total. The zero-order valence-corrected chi connectivity index (χ0v) is 14.8. The lowest BCUT2D eigenvalue weighted by Crippen LogP contribution is -2.42. The molecule has 7 heteroatoms. The van der Waals surface area contributed by atoms with Crippen LogP contribution in [0.25, 0.3) is 0 Å². The monoisotopic (exact) mass is 341 g/mol. The fourth-order valence-corrected chi connectivity index (χ4v) is 4.00. The lowest BCUT2D eigenvalue weighted by atomic mass is 10.1. The van der Waals surface area contributed by atoms with E-state index in [9.17, 15) is 4.79 Å². The maximum Gasteiger partial charge on any atom is 0.255 e. The number of ether oxygens (including phenoxy) is 1. The molecule has 2 atom stereocenters. The fourth-order valence-electron chi connectivity index (χ4n) is 4.00. The minimum atomic E-state index is 0.0486. The average molecular weight is 341 g/mol. The third-order valence-electron chi connectivity index (χ3n) is 5.23. The number of pyridine rings is 1. The van der Waals surface area contributed by atoms with Crippen molar-refractivity contribution >= 4 is 5.91 Å². The van der Waals surface area contributed by atoms with E-state index in [-0.39, 0.29) is 18.0 Å². The summed E-state index contributed by atoms with van der Waals surface area (Å²) < 4.78 is 7.31. The van der Waals surface area contributed by atoms with Crippen LogP contribution in [0.15, 0.2) is 18.3 Å². The Bertz CT molecular complexity index is 783. The van der Waals surface area contributed by atoms with Crippen LogP contribution in [0.5, 0.6) is 5.88 Å². The number of hydrogen-bond donors (Lipinski definition) is 0. The summed E-state index contributed by atoms with van der Waals surface area (Å²) in [5, 5.41) is 8.76. The van der Waals surface area contributed by atoms with Crippen molar-refractivity contribution in [2.75, 3.05) is 7.11 Å². The van der Waals surface area contributed by atoms with E-state index < -0.39 is 0 Å². The van der Waals surface area contributed by atoms with Crippen LogP contribution in [-0.4, -0.2) is 49.7 Å². The zero-order chi connectivity index (χ0) is 17.6. The van der Waals surface area contributed by atoms with E-state index in [1.54, 1.807) is 25.4 Å². The van der Waals surface area contributed by atoms with Crippen LogP contribution in [0.2, 0.25) is 0 Å². The predicted molar refractivity (Wildman–Crippen MR) is 91.6 cm³/mol. The summed E-state index contributed by atoms with van der Waals surface area (Å²) in [4.78, 5) is 19.3. The predicted octanol–water partition coefficient (Wildman–Crippen LogP) is 2.03. The van der Waals surface area contributed by atoms with Crippen molar-refractivity contribution < 1.29 is 9.53 Å². The molecule has 4 rings (SSSR count). The zero-order valence-electron chi connectivity index (χ0n) is 14.8. The Morgan fingerprint density at radius 2 is 2.04 bits per heavy atom. The molecule has 2 aromatic rings. The number of carbonyl (C=O) groups excluding carboxylic acids is 1. The van der Waals surface area contributed by atoms with Gasteiger partial charge in [-0.2, -0.15) is 0 Å². The quantitative estimate of drug-likeness (QED) is 0.854. The molecule has 2 aromatic heterocycles. The van der Waals surface area contributed by atoms with E-state index in [0.29, 0.717) is 17.4 Å². The first-order chi connectivity index (χ1) is 12.1. The van der Waals surface area contributed by atoms with Crippen molar-refractivity contribution in [2.24, 2.45) is 0 Å². The Morgan fingerprint density at radius 3 is 2.72 bits per heavy atom. The standard InChI is InChI=1S/C18H23N5O2/c1-11(2)17-21-20-15-8-13-5-6-14(10-22(15)17)23(13)18(24)12-4-7-16(25-3)19-9-12/h4,7,9,11,13-14H,5-6,8,10H2,1-3H3. The molecule has 25 heavy (non-hydrogen) atoms. The highest BCUT2D eigenvalue weighted by molar-refractivity contribution is 5.94. The van der Waals surface area contributed by atoms with Gasteiger partial charge in [-0.05, 0) is 18.9 Å². The molecule has 7 nitrogen and oxygen atoms in total. The Balaban J connectivity index is 1.63. The minimum absolute atomic E-state index is 0.0486. The largest absolute Gasteiger partial charge is 0.481 e. The lowest BCUT2D eigenvalue weighted by molar-refractivity contribution is 0.0664. The fraction of sp³-hybridized carbons (Fsp3) is 0.556. The van der Waals surface area contributed by atoms with E-state index in [1.807, 2.05) is 4.90 Å². The number of fused-ring (bicyclic) bond motifs is 3. The van der Waals surface area contributed by atoms with Gasteiger partial charge in [-0.1, -0.05) is 13.8 Å². The van der Waals surface area contributed by atoms with Crippen LogP contribution in [0.4, 0.5) is 0 Å². The number of hydrogen-bond acceptors (Lipinski definition) is 5. The van der Waals surface area contributed by atoms with E-state index in [1.165, 1.54) is 0 Å². The third-order valence-corrected chi connectivity index (χ3v) is 5.23. The molecule has 1 fully saturated rings. The number of aromatic nitrogens is 4. The molecule has 4 heterocycles. The summed E-state index contributed by atoms with van der Waals surface area (Å²) in [6.07, 6.45) is 4.41. The maximum absolute atomic E-state index is 13.1. The Morgan fingerprint density at radius 1 is 1.24 bits per heavy atom. The summed E-state index contributed by atoms with van der Waals surface area (Å²) >= 11 is 0. The molecule has 2 unspecified atom stereocenters. The van der Waals surface area contributed by atoms with Crippen molar-refractivity contribution in [3.05, 3.63) is 35.5 Å². The van der Waals surface area contributed by atoms with Crippen molar-refractivity contribution in [3.8, 4) is 5.88 Å². The van der Waals surface area contributed by atoms with Crippen LogP contribution in [-0.2, 0) is 13.0 Å². The summed E-state index contributed by atoms with van der Waals surface area (Å²) in [6.45, 7) is 5.04. The first kappa shape index (κ1) is 16.1. The highest BCUT2D eigenvalue weighted by Crippen LogP contribution is 2.33. The maximum atomic E-state index is 13.1. The van der Waals surface area contributed by atoms with Gasteiger partial charge in [0.1, 0.15) is 11.6 Å². The molecule has 1 saturated heterocycles. The molecule has 1 amide bonds. The van der Waals surface area contributed by atoms with Gasteiger partial charge >= 0.3 is 0 Å². The summed E-state index contributed by atoms with van der Waals surface area (Å²) in [5.41, 5.74) is 0.611. The van der Waals surface area contributed by atoms with Gasteiger partial charge < -0.3 is 14.2 Å². The molecular weight excluding hydrogens is 318 g/mol. The van der Waals surface area contributed by atoms with Gasteiger partial charge in [0, 0.05) is 37.2 Å². The second-order valence-corrected chi connectivity index (χ2v) is 7.13. The summed E-state index contributed by atoms with van der Waals surface area (Å²) in [5.74, 6) is 2.91. The number of rotatable bonds is 3. The Labute approximate surface area is 147 Å². The van der Waals surface area contributed by atoms with Crippen molar-refractivity contribution in [1.82, 2.24) is 24.6 Å². The van der Waals surface area contributed by atoms with Gasteiger partial charge in [0.2, 0.25) is 5.88 Å². The first-order valence-electron chi connectivity index (χ1n) is 8.83. The van der Waals surface area contributed by atoms with Crippen molar-refractivity contribution in [1.29, 1.82) is 0 Å². The Kier molecular flexibility index (Phi) is 3.94. The summed E-state index contributed by atoms with van der Waals surface area (Å²) in [7, 11) is 1.57. The second-order valence-electron chi connectivity index (χ2n) is 7.13. The number of methoxy groups -OCH3 is 1. The van der Waals surface area contributed by atoms with Crippen molar-refractivity contribution in [2.45, 2.75) is 57.7 Å². The molecule has 132 valence electrons. The molecule has 2 aliphatic heterocycles. The van der Waals surface area contributed by atoms with Gasteiger partial charge in [-0.15, -0.1) is 10.2 Å². The van der Waals surface area contributed by atoms with Crippen LogP contribution in [0.3, 0.4) is 0 Å². The van der Waals surface area contributed by atoms with E-state index in [2.05, 4.69) is 33.6 Å². The van der Waals surface area contributed by atoms with Crippen LogP contribution >= 0.6 is 0 Å². The number of carbonyl (C=O) groups is 1. The molecule has 0 saturated carbocycles. The third kappa shape index (κ3) is 2.67. The molecule has 0 aromatic carbocycles. The topological polar surface area (TPSA) is 73.1 Å². The second kappa shape index (κ2) is 6.13. The Hall–Kier alpha value is -2.44. The number of nitrogens with zero attached hydrogens (tertiary/aromatic N) is 5. The average Bonchev–Trinajstić information content (AvgIpc) is 3.14. The van der Waals surface area contributed by atoms with E-state index in [4.69, 9.17) is 4.74 Å². The lowest BCUT2D eigenvalue weighted by Gasteiger charge is -2.28. The van der Waals surface area contributed by atoms with Crippen LogP contribution in [0, 0.1) is 0 Å². The minimum Gasteiger partial charge on any atom is -0.481 e. The molecule has 2 aliphatic rings. The molecule has 2 bridgehead atoms. The summed E-state index contributed by atoms with van der Waals surface area (Å²) in [6, 6.07) is 3.90. The van der Waals surface area contributed by atoms with E-state index >= 15 is 0 Å². The molecule has 0 spiro atoms. The van der Waals surface area contributed by atoms with Gasteiger partial charge in [0.05, 0.1) is 18.7 Å². The van der Waals surface area contributed by atoms with Crippen LogP contribution < -0.4 is 4.74 Å². The van der Waals surface area contributed by atoms with Gasteiger partial charge in [0.25, 0.3) is 5.91 Å². The van der Waals surface area contributed by atoms with Gasteiger partial charge in [-0.3, -0.25) is 4.79 Å². The smallest absolute Gasteiger partial charge is 0.255 e. The molecule has 0 radical (unpaired) electrons. The van der Waals surface area contributed by atoms with Crippen molar-refractivity contribution in [3.63, 3.8) is 0 Å². The highest BCUT2D eigenvalue weighted by Gasteiger charge is 2.41. The van der Waals surface area contributed by atoms with Gasteiger partial charge in [0.15, 0.2) is 0 Å². The highest BCUT2D eigenvalue weighted by atomic mass is 16.5. The number of amides is 1. The van der Waals surface area contributed by atoms with E-state index in [0.717, 1.165) is 37.5 Å². The SMILES string of the molecule is COc1ccc(C(=O)N2C3CCC2Cn2c(nnc2C(C)C)C3)cn1. The van der Waals surface area contributed by atoms with Crippen LogP contribution in [0.1, 0.15) is 54.6 Å².